The van der Waals surface area contributed by atoms with Crippen LogP contribution < -0.4 is 41.8 Å². The van der Waals surface area contributed by atoms with Crippen LogP contribution in [0.3, 0.4) is 0 Å². The molecule has 0 aliphatic carbocycles. The summed E-state index contributed by atoms with van der Waals surface area (Å²) in [6, 6.07) is 34.6. The molecule has 0 atom stereocenters. The summed E-state index contributed by atoms with van der Waals surface area (Å²) >= 11 is 0. The maximum Gasteiger partial charge on any atom is 0.407 e. The van der Waals surface area contributed by atoms with Gasteiger partial charge in [0.05, 0.1) is 24.2 Å². The Morgan fingerprint density at radius 2 is 1.03 bits per heavy atom. The Balaban J connectivity index is 0.000000245. The Labute approximate surface area is 527 Å². The molecule has 1 amide bonds. The predicted octanol–water partition coefficient (Wildman–Crippen LogP) is 10.8. The highest BCUT2D eigenvalue weighted by atomic mass is 16.6. The predicted molar refractivity (Wildman–Crippen MR) is 350 cm³/mol. The van der Waals surface area contributed by atoms with Crippen LogP contribution >= 0.6 is 0 Å². The van der Waals surface area contributed by atoms with Gasteiger partial charge >= 0.3 is 30.1 Å². The number of amides is 1. The van der Waals surface area contributed by atoms with Gasteiger partial charge in [-0.2, -0.15) is 20.5 Å². The van der Waals surface area contributed by atoms with Gasteiger partial charge in [0.15, 0.2) is 0 Å². The minimum Gasteiger partial charge on any atom is -0.459 e. The van der Waals surface area contributed by atoms with Crippen molar-refractivity contribution < 1.29 is 43.2 Å². The lowest BCUT2D eigenvalue weighted by molar-refractivity contribution is -0.150. The van der Waals surface area contributed by atoms with E-state index in [2.05, 4.69) is 74.9 Å². The van der Waals surface area contributed by atoms with Crippen LogP contribution in [0.2, 0.25) is 0 Å². The lowest BCUT2D eigenvalue weighted by atomic mass is 9.88. The molecule has 2 aliphatic heterocycles. The molecule has 0 spiro atoms. The summed E-state index contributed by atoms with van der Waals surface area (Å²) in [5.74, 6) is -0.553. The van der Waals surface area contributed by atoms with Crippen molar-refractivity contribution in [2.45, 2.75) is 132 Å². The molecule has 0 saturated carbocycles. The molecule has 0 fully saturated rings. The van der Waals surface area contributed by atoms with Gasteiger partial charge in [-0.05, 0) is 176 Å². The number of hydrogen-bond donors (Lipinski definition) is 5. The van der Waals surface area contributed by atoms with Gasteiger partial charge < -0.3 is 61.1 Å². The molecule has 8 N–H and O–H groups in total. The average molecular weight is 1220 g/mol. The van der Waals surface area contributed by atoms with Crippen LogP contribution in [-0.4, -0.2) is 91.7 Å². The van der Waals surface area contributed by atoms with Crippen LogP contribution in [0, 0.1) is 22.7 Å². The number of alkyl carbamates (subject to hydrolysis) is 1. The fourth-order valence-electron chi connectivity index (χ4n) is 9.69. The largest absolute Gasteiger partial charge is 0.459 e. The second-order valence-corrected chi connectivity index (χ2v) is 24.3. The smallest absolute Gasteiger partial charge is 0.407 e. The van der Waals surface area contributed by atoms with Gasteiger partial charge in [0.2, 0.25) is 0 Å². The van der Waals surface area contributed by atoms with Gasteiger partial charge in [-0.15, -0.1) is 0 Å². The van der Waals surface area contributed by atoms with E-state index in [1.54, 1.807) is 65.9 Å². The number of nitrogens with two attached hydrogens (primary N) is 3. The number of nitrogen functional groups attached to an aromatic ring is 2. The molecule has 0 unspecified atom stereocenters. The number of β-amino-alcohol motifs (C(OH)–C–C–N with tert-alkyl or cyclic N) is 1. The third kappa shape index (κ3) is 20.5. The number of esters is 2. The molecule has 8 rings (SSSR count). The van der Waals surface area contributed by atoms with Crippen molar-refractivity contribution in [3.63, 3.8) is 0 Å². The summed E-state index contributed by atoms with van der Waals surface area (Å²) in [6.45, 7) is 25.8. The number of carbonyl (C=O) groups is 3. The molecular weight excluding hydrogens is 1140 g/mol. The molecule has 21 heteroatoms. The van der Waals surface area contributed by atoms with Gasteiger partial charge in [-0.3, -0.25) is 0 Å². The maximum absolute atomic E-state index is 12.5. The van der Waals surface area contributed by atoms with Gasteiger partial charge in [-0.1, -0.05) is 72.8 Å². The van der Waals surface area contributed by atoms with Crippen LogP contribution in [0.15, 0.2) is 133 Å². The Hall–Kier alpha value is -10.1. The number of hydrogen-bond acceptors (Lipinski definition) is 20. The first kappa shape index (κ1) is 69.0. The maximum atomic E-state index is 12.5. The Bertz CT molecular complexity index is 3720. The van der Waals surface area contributed by atoms with Crippen LogP contribution in [0.25, 0.3) is 23.3 Å². The van der Waals surface area contributed by atoms with Crippen LogP contribution in [0.4, 0.5) is 27.8 Å². The number of carbonyl (C=O) groups excluding carboxylic acids is 3. The molecule has 4 heterocycles. The van der Waals surface area contributed by atoms with Crippen molar-refractivity contribution in [3.8, 4) is 24.2 Å². The Kier molecular flexibility index (Phi) is 23.5. The van der Waals surface area contributed by atoms with E-state index in [1.807, 2.05) is 111 Å². The third-order valence-corrected chi connectivity index (χ3v) is 13.7. The number of ether oxygens (including phenoxy) is 5. The van der Waals surface area contributed by atoms with E-state index in [4.69, 9.17) is 40.9 Å². The summed E-state index contributed by atoms with van der Waals surface area (Å²) in [5, 5.41) is 31.2. The molecule has 4 aromatic carbocycles. The number of anilines is 4. The lowest BCUT2D eigenvalue weighted by Crippen LogP contribution is -2.47. The number of nitrogens with one attached hydrogen (secondary N) is 1. The van der Waals surface area contributed by atoms with Gasteiger partial charge in [0, 0.05) is 54.5 Å². The number of aliphatic hydroxyl groups is 1. The number of fused-ring (bicyclic) bond motifs is 2. The highest BCUT2D eigenvalue weighted by molar-refractivity contribution is 5.99. The number of nitriles is 2. The van der Waals surface area contributed by atoms with E-state index in [0.29, 0.717) is 50.0 Å². The van der Waals surface area contributed by atoms with E-state index in [1.165, 1.54) is 12.3 Å². The fraction of sp³-hybridized carbons (Fsp3) is 0.348. The first-order chi connectivity index (χ1) is 42.5. The van der Waals surface area contributed by atoms with Gasteiger partial charge in [0.1, 0.15) is 65.9 Å². The number of nitrogens with zero attached hydrogens (tertiary/aromatic N) is 8. The van der Waals surface area contributed by atoms with Crippen molar-refractivity contribution in [3.05, 3.63) is 177 Å². The lowest BCUT2D eigenvalue weighted by Gasteiger charge is -2.43. The van der Waals surface area contributed by atoms with Gasteiger partial charge in [0.25, 0.3) is 0 Å². The highest BCUT2D eigenvalue weighted by Crippen LogP contribution is 2.41. The fourth-order valence-corrected chi connectivity index (χ4v) is 9.69. The third-order valence-electron chi connectivity index (χ3n) is 13.7. The first-order valence-corrected chi connectivity index (χ1v) is 29.2. The molecule has 90 heavy (non-hydrogen) atoms. The molecule has 2 aromatic heterocycles. The molecule has 6 aromatic rings. The van der Waals surface area contributed by atoms with E-state index in [0.717, 1.165) is 61.5 Å². The zero-order chi connectivity index (χ0) is 66.0. The van der Waals surface area contributed by atoms with E-state index < -0.39 is 29.2 Å². The molecule has 0 bridgehead atoms. The Morgan fingerprint density at radius 3 is 1.42 bits per heavy atom. The van der Waals surface area contributed by atoms with E-state index in [9.17, 15) is 30.0 Å². The number of benzene rings is 4. The minimum atomic E-state index is -0.704. The average Bonchev–Trinajstić information content (AvgIpc) is 0.778. The Morgan fingerprint density at radius 1 is 0.622 bits per heavy atom. The summed E-state index contributed by atoms with van der Waals surface area (Å²) < 4.78 is 27.2. The SMILES string of the molecule is CC1=CC(C)(C)N(CCO)c2ccc(/C=C(\C#N)C(=O)OC(C)(C)C)cc21.CC1=CC(C)(C)N(CCOC(=O)NCc2ccc(COc3nccc(N)n3)cc2)c2ccc(/C=C(\C#N)C(=O)OC(C)(C)C)cc21.NCc1ccc(COc2nccc(N)n2)cc1. The molecule has 472 valence electrons. The quantitative estimate of drug-likeness (QED) is 0.0231. The zero-order valence-electron chi connectivity index (χ0n) is 53.4. The molecular formula is C69H82N12O9. The topological polar surface area (TPSA) is 313 Å². The molecule has 2 aliphatic rings. The number of aromatic nitrogens is 4. The van der Waals surface area contributed by atoms with Gasteiger partial charge in [-0.25, -0.2) is 24.4 Å². The zero-order valence-corrected chi connectivity index (χ0v) is 53.4. The summed E-state index contributed by atoms with van der Waals surface area (Å²) in [7, 11) is 0. The molecule has 0 radical (unpaired) electrons. The van der Waals surface area contributed by atoms with Crippen molar-refractivity contribution in [1.82, 2.24) is 25.3 Å². The van der Waals surface area contributed by atoms with E-state index in [-0.39, 0.29) is 54.1 Å². The summed E-state index contributed by atoms with van der Waals surface area (Å²) in [4.78, 5) is 57.5. The van der Waals surface area contributed by atoms with Crippen LogP contribution in [0.5, 0.6) is 12.0 Å². The van der Waals surface area contributed by atoms with Crippen LogP contribution in [0.1, 0.15) is 128 Å². The van der Waals surface area contributed by atoms with Crippen molar-refractivity contribution in [2.24, 2.45) is 5.73 Å². The van der Waals surface area contributed by atoms with Crippen molar-refractivity contribution >= 4 is 64.3 Å². The first-order valence-electron chi connectivity index (χ1n) is 29.2. The van der Waals surface area contributed by atoms with Crippen molar-refractivity contribution in [2.75, 3.05) is 47.6 Å². The standard InChI is InChI=1S/C35H40N6O5.C22H28N2O3.C12H14N4O/c1-23-19-35(5,6)41(29-12-11-26(18-28(23)29)17-27(20-36)31(42)46-34(2,3)4)15-16-44-33(43)39-21-24-7-9-25(10-8-24)22-45-32-38-14-13-30(37)40-32;1-15-13-22(5,6)24(9-10-25)19-8-7-16(12-18(15)19)11-17(14-23)20(26)27-21(2,3)4;13-7-9-1-3-10(4-2-9)8-17-12-15-6-5-11(14)16-12/h7-14,17-19H,15-16,21-22H2,1-6H3,(H,39,43)(H2,37,38,40);7-8,11-13,25H,9-10H2,1-6H3;1-6H,7-8,13H2,(H2,14,15,16)/b27-17+;17-11+;. The van der Waals surface area contributed by atoms with E-state index >= 15 is 0 Å². The highest BCUT2D eigenvalue weighted by Gasteiger charge is 2.33. The molecule has 0 saturated heterocycles. The molecule has 21 nitrogen and oxygen atoms in total. The summed E-state index contributed by atoms with van der Waals surface area (Å²) in [5.41, 5.74) is 26.3. The normalized spacial score (nSPS) is 14.0. The number of rotatable bonds is 18. The number of aliphatic hydroxyl groups excluding tert-OH is 1. The van der Waals surface area contributed by atoms with Crippen molar-refractivity contribution in [1.29, 1.82) is 10.5 Å². The number of allylic oxidation sites excluding steroid dienone is 2. The minimum absolute atomic E-state index is 0.0325. The second-order valence-electron chi connectivity index (χ2n) is 24.3. The summed E-state index contributed by atoms with van der Waals surface area (Å²) in [6.07, 6.45) is 9.99. The second kappa shape index (κ2) is 30.7. The van der Waals surface area contributed by atoms with Crippen LogP contribution in [-0.2, 0) is 50.1 Å². The monoisotopic (exact) mass is 1220 g/mol.